The van der Waals surface area contributed by atoms with Crippen LogP contribution in [0.1, 0.15) is 59.1 Å². The molecule has 10 aromatic rings. The number of aryl methyl sites for hydroxylation is 1. The van der Waals surface area contributed by atoms with E-state index in [0.717, 1.165) is 74.9 Å². The topological polar surface area (TPSA) is 37.9 Å². The zero-order valence-corrected chi connectivity index (χ0v) is 35.1. The summed E-state index contributed by atoms with van der Waals surface area (Å²) in [6.07, 6.45) is 5.07. The summed E-state index contributed by atoms with van der Waals surface area (Å²) in [6, 6.07) is 70.2. The molecule has 2 aliphatic rings. The molecule has 1 aliphatic heterocycles. The fraction of sp³-hybridized carbons (Fsp3) is 0.100. The molecule has 1 aromatic heterocycles. The van der Waals surface area contributed by atoms with Gasteiger partial charge in [0.1, 0.15) is 11.2 Å². The van der Waals surface area contributed by atoms with E-state index >= 15 is 0 Å². The minimum atomic E-state index is 0.106. The molecule has 0 radical (unpaired) electrons. The van der Waals surface area contributed by atoms with Gasteiger partial charge < -0.3 is 4.42 Å². The second-order valence-corrected chi connectivity index (χ2v) is 17.2. The molecule has 63 heavy (non-hydrogen) atoms. The molecule has 0 saturated carbocycles. The molecule has 300 valence electrons. The summed E-state index contributed by atoms with van der Waals surface area (Å²) in [5, 5.41) is 7.19. The first kappa shape index (κ1) is 37.2. The first-order valence-corrected chi connectivity index (χ1v) is 22.2. The highest BCUT2D eigenvalue weighted by Crippen LogP contribution is 2.47. The van der Waals surface area contributed by atoms with Crippen molar-refractivity contribution in [3.8, 4) is 22.3 Å². The van der Waals surface area contributed by atoms with E-state index in [2.05, 4.69) is 207 Å². The van der Waals surface area contributed by atoms with Crippen LogP contribution in [0, 0.1) is 5.92 Å². The van der Waals surface area contributed by atoms with Crippen molar-refractivity contribution >= 4 is 60.7 Å². The Morgan fingerprint density at radius 3 is 2.00 bits per heavy atom. The Morgan fingerprint density at radius 1 is 0.492 bits per heavy atom. The lowest BCUT2D eigenvalue weighted by Gasteiger charge is -2.24. The second kappa shape index (κ2) is 15.4. The molecule has 2 atom stereocenters. The Bertz CT molecular complexity index is 3500. The van der Waals surface area contributed by atoms with Crippen molar-refractivity contribution in [1.82, 2.24) is 0 Å². The monoisotopic (exact) mass is 808 g/mol. The van der Waals surface area contributed by atoms with Crippen LogP contribution in [0.5, 0.6) is 0 Å². The molecule has 1 aliphatic carbocycles. The van der Waals surface area contributed by atoms with E-state index in [4.69, 9.17) is 14.4 Å². The highest BCUT2D eigenvalue weighted by atomic mass is 16.3. The lowest BCUT2D eigenvalue weighted by molar-refractivity contribution is 0.667. The minimum Gasteiger partial charge on any atom is -0.456 e. The van der Waals surface area contributed by atoms with Crippen molar-refractivity contribution in [2.24, 2.45) is 15.9 Å². The third-order valence-corrected chi connectivity index (χ3v) is 13.4. The Labute approximate surface area is 367 Å². The molecule has 0 fully saturated rings. The molecule has 0 amide bonds. The summed E-state index contributed by atoms with van der Waals surface area (Å²) in [5.41, 5.74) is 15.9. The van der Waals surface area contributed by atoms with Crippen molar-refractivity contribution in [3.05, 3.63) is 234 Å². The predicted octanol–water partition coefficient (Wildman–Crippen LogP) is 15.6. The molecule has 0 spiro atoms. The lowest BCUT2D eigenvalue weighted by atomic mass is 9.81. The smallest absolute Gasteiger partial charge is 0.160 e. The maximum atomic E-state index is 6.67. The van der Waals surface area contributed by atoms with Gasteiger partial charge >= 0.3 is 0 Å². The Kier molecular flexibility index (Phi) is 9.07. The maximum Gasteiger partial charge on any atom is 0.160 e. The van der Waals surface area contributed by atoms with Gasteiger partial charge in [-0.1, -0.05) is 183 Å². The highest BCUT2D eigenvalue weighted by Gasteiger charge is 2.30. The van der Waals surface area contributed by atoms with E-state index in [-0.39, 0.29) is 11.8 Å². The average molecular weight is 809 g/mol. The Hall–Kier alpha value is -7.62. The van der Waals surface area contributed by atoms with Crippen LogP contribution in [0.25, 0.3) is 71.4 Å². The predicted molar refractivity (Wildman–Crippen MR) is 264 cm³/mol. The van der Waals surface area contributed by atoms with Gasteiger partial charge in [-0.15, -0.1) is 0 Å². The van der Waals surface area contributed by atoms with Gasteiger partial charge in [0, 0.05) is 33.7 Å². The van der Waals surface area contributed by atoms with Crippen molar-refractivity contribution in [3.63, 3.8) is 0 Å². The fourth-order valence-electron chi connectivity index (χ4n) is 10.2. The molecule has 0 saturated heterocycles. The zero-order valence-electron chi connectivity index (χ0n) is 35.1. The Balaban J connectivity index is 1.08. The molecule has 3 nitrogen and oxygen atoms in total. The van der Waals surface area contributed by atoms with Crippen LogP contribution in [0.2, 0.25) is 0 Å². The zero-order chi connectivity index (χ0) is 41.9. The number of hydrogen-bond donors (Lipinski definition) is 0. The summed E-state index contributed by atoms with van der Waals surface area (Å²) < 4.78 is 6.67. The van der Waals surface area contributed by atoms with Crippen molar-refractivity contribution < 1.29 is 4.42 Å². The van der Waals surface area contributed by atoms with Gasteiger partial charge in [0.25, 0.3) is 0 Å². The van der Waals surface area contributed by atoms with Crippen LogP contribution in [0.4, 0.5) is 0 Å². The number of nitrogens with zero attached hydrogens (tertiary/aromatic N) is 2. The van der Waals surface area contributed by atoms with E-state index in [9.17, 15) is 0 Å². The number of benzene rings is 9. The molecule has 0 bridgehead atoms. The van der Waals surface area contributed by atoms with E-state index in [1.165, 1.54) is 54.9 Å². The van der Waals surface area contributed by atoms with Gasteiger partial charge in [0.15, 0.2) is 5.84 Å². The molecule has 2 unspecified atom stereocenters. The molecule has 9 aromatic carbocycles. The van der Waals surface area contributed by atoms with Crippen LogP contribution in [-0.4, -0.2) is 11.5 Å². The van der Waals surface area contributed by atoms with Crippen molar-refractivity contribution in [2.75, 3.05) is 0 Å². The van der Waals surface area contributed by atoms with Crippen LogP contribution in [0.3, 0.4) is 0 Å². The summed E-state index contributed by atoms with van der Waals surface area (Å²) in [4.78, 5) is 11.4. The number of para-hydroxylation sites is 1. The summed E-state index contributed by atoms with van der Waals surface area (Å²) in [6.45, 7) is 2.31. The SMILES string of the molecule is CC1C/C=C(\c2c(C3CCc4cc5ccccc5cc4-c4ccccc43)ccc3oc4ccccc4c23)N=C(c2ccc(-c3ccccc3)cc2)N=C1c1ccc2ccccc2c1. The Morgan fingerprint density at radius 2 is 1.16 bits per heavy atom. The van der Waals surface area contributed by atoms with Crippen molar-refractivity contribution in [1.29, 1.82) is 0 Å². The van der Waals surface area contributed by atoms with E-state index in [0.29, 0.717) is 5.84 Å². The number of amidine groups is 1. The standard InChI is InChI=1S/C60H44N2O/c1-38-23-33-54(61-60(42-27-24-41(25-28-42)39-13-3-2-4-14-39)62-59(38)47-29-26-40-15-5-6-16-43(40)36-47)57-51(32-34-56-58(57)52-21-11-12-22-55(52)63-56)50-31-30-46-35-44-17-7-8-18-45(44)37-53(46)49-20-10-9-19-48(49)50/h2-22,24-29,32-38,50H,23,30-31H2,1H3/b54-33+,61-60?,62-59?. The third-order valence-electron chi connectivity index (χ3n) is 13.4. The van der Waals surface area contributed by atoms with Gasteiger partial charge in [-0.25, -0.2) is 9.98 Å². The molecule has 0 N–H and O–H groups in total. The number of hydrogen-bond acceptors (Lipinski definition) is 3. The fourth-order valence-corrected chi connectivity index (χ4v) is 10.2. The normalized spacial score (nSPS) is 17.3. The molecule has 2 heterocycles. The lowest BCUT2D eigenvalue weighted by Crippen LogP contribution is -2.17. The van der Waals surface area contributed by atoms with Crippen molar-refractivity contribution in [2.45, 2.75) is 32.1 Å². The van der Waals surface area contributed by atoms with E-state index in [1.807, 2.05) is 0 Å². The number of aliphatic imine (C=N–C) groups is 2. The van der Waals surface area contributed by atoms with Gasteiger partial charge in [0.2, 0.25) is 0 Å². The number of rotatable bonds is 5. The average Bonchev–Trinajstić information content (AvgIpc) is 3.64. The molecular formula is C60H44N2O. The molecular weight excluding hydrogens is 765 g/mol. The minimum absolute atomic E-state index is 0.106. The summed E-state index contributed by atoms with van der Waals surface area (Å²) >= 11 is 0. The molecule has 12 rings (SSSR count). The molecule has 3 heteroatoms. The number of fused-ring (bicyclic) bond motifs is 8. The van der Waals surface area contributed by atoms with Crippen LogP contribution < -0.4 is 0 Å². The summed E-state index contributed by atoms with van der Waals surface area (Å²) in [7, 11) is 0. The highest BCUT2D eigenvalue weighted by molar-refractivity contribution is 6.17. The first-order valence-electron chi connectivity index (χ1n) is 22.2. The number of furan rings is 1. The van der Waals surface area contributed by atoms with E-state index in [1.54, 1.807) is 0 Å². The summed E-state index contributed by atoms with van der Waals surface area (Å²) in [5.74, 6) is 0.918. The van der Waals surface area contributed by atoms with Crippen LogP contribution in [-0.2, 0) is 6.42 Å². The van der Waals surface area contributed by atoms with Gasteiger partial charge in [-0.05, 0) is 110 Å². The quantitative estimate of drug-likeness (QED) is 0.171. The first-order chi connectivity index (χ1) is 31.1. The van der Waals surface area contributed by atoms with Gasteiger partial charge in [-0.2, -0.15) is 0 Å². The van der Waals surface area contributed by atoms with Gasteiger partial charge in [0.05, 0.1) is 11.4 Å². The van der Waals surface area contributed by atoms with E-state index < -0.39 is 0 Å². The maximum absolute atomic E-state index is 6.67. The number of allylic oxidation sites excluding steroid dienone is 1. The third kappa shape index (κ3) is 6.60. The van der Waals surface area contributed by atoms with Gasteiger partial charge in [-0.3, -0.25) is 0 Å². The van der Waals surface area contributed by atoms with Crippen LogP contribution in [0.15, 0.2) is 215 Å². The van der Waals surface area contributed by atoms with Crippen LogP contribution >= 0.6 is 0 Å². The largest absolute Gasteiger partial charge is 0.456 e. The second-order valence-electron chi connectivity index (χ2n) is 17.2.